The van der Waals surface area contributed by atoms with Crippen molar-refractivity contribution in [3.8, 4) is 0 Å². The van der Waals surface area contributed by atoms with Crippen LogP contribution in [0.4, 0.5) is 0 Å². The van der Waals surface area contributed by atoms with Gasteiger partial charge in [-0.1, -0.05) is 30.3 Å². The van der Waals surface area contributed by atoms with E-state index in [4.69, 9.17) is 0 Å². The molecular weight excluding hydrogens is 260 g/mol. The summed E-state index contributed by atoms with van der Waals surface area (Å²) in [6, 6.07) is 10.7. The number of carbonyl (C=O) groups excluding carboxylic acids is 1. The molecule has 21 heavy (non-hydrogen) atoms. The summed E-state index contributed by atoms with van der Waals surface area (Å²) in [5, 5.41) is 0. The van der Waals surface area contributed by atoms with Gasteiger partial charge in [-0.25, -0.2) is 0 Å². The molecule has 0 radical (unpaired) electrons. The smallest absolute Gasteiger partial charge is 0.222 e. The van der Waals surface area contributed by atoms with E-state index in [0.29, 0.717) is 5.91 Å². The molecule has 1 amide bonds. The lowest BCUT2D eigenvalue weighted by Gasteiger charge is -2.35. The minimum atomic E-state index is 0.165. The van der Waals surface area contributed by atoms with E-state index in [0.717, 1.165) is 38.8 Å². The van der Waals surface area contributed by atoms with Crippen LogP contribution < -0.4 is 0 Å². The van der Waals surface area contributed by atoms with E-state index in [2.05, 4.69) is 35.2 Å². The molecule has 3 nitrogen and oxygen atoms in total. The van der Waals surface area contributed by atoms with Crippen LogP contribution in [0, 0.1) is 0 Å². The molecule has 1 aromatic rings. The Balaban J connectivity index is 1.55. The fraction of sp³-hybridized carbons (Fsp3) is 0.611. The summed E-state index contributed by atoms with van der Waals surface area (Å²) in [4.78, 5) is 16.5. The maximum Gasteiger partial charge on any atom is 0.222 e. The minimum absolute atomic E-state index is 0.165. The summed E-state index contributed by atoms with van der Waals surface area (Å²) in [5.74, 6) is 0.340. The van der Waals surface area contributed by atoms with Crippen LogP contribution in [0.2, 0.25) is 0 Å². The van der Waals surface area contributed by atoms with E-state index < -0.39 is 0 Å². The van der Waals surface area contributed by atoms with Crippen LogP contribution in [-0.2, 0) is 11.2 Å². The summed E-state index contributed by atoms with van der Waals surface area (Å²) in [6.07, 6.45) is 6.48. The van der Waals surface area contributed by atoms with Gasteiger partial charge in [-0.2, -0.15) is 0 Å². The molecule has 0 aliphatic carbocycles. The Kier molecular flexibility index (Phi) is 4.29. The van der Waals surface area contributed by atoms with Gasteiger partial charge >= 0.3 is 0 Å². The average molecular weight is 286 g/mol. The number of hydrogen-bond acceptors (Lipinski definition) is 2. The molecule has 0 aromatic heterocycles. The Labute approximate surface area is 127 Å². The van der Waals surface area contributed by atoms with Crippen molar-refractivity contribution >= 4 is 5.91 Å². The van der Waals surface area contributed by atoms with Crippen molar-refractivity contribution < 1.29 is 4.79 Å². The van der Waals surface area contributed by atoms with Crippen LogP contribution in [0.5, 0.6) is 0 Å². The zero-order chi connectivity index (χ0) is 14.7. The van der Waals surface area contributed by atoms with Gasteiger partial charge in [0, 0.05) is 32.1 Å². The van der Waals surface area contributed by atoms with Crippen LogP contribution in [-0.4, -0.2) is 47.9 Å². The van der Waals surface area contributed by atoms with Crippen molar-refractivity contribution in [2.75, 3.05) is 26.7 Å². The van der Waals surface area contributed by atoms with Crippen molar-refractivity contribution in [3.63, 3.8) is 0 Å². The first-order valence-electron chi connectivity index (χ1n) is 8.23. The van der Waals surface area contributed by atoms with Gasteiger partial charge in [-0.3, -0.25) is 4.79 Å². The lowest BCUT2D eigenvalue weighted by molar-refractivity contribution is -0.129. The molecule has 1 unspecified atom stereocenters. The highest BCUT2D eigenvalue weighted by Gasteiger charge is 2.43. The molecule has 3 heteroatoms. The molecule has 2 fully saturated rings. The van der Waals surface area contributed by atoms with E-state index in [-0.39, 0.29) is 5.54 Å². The van der Waals surface area contributed by atoms with Crippen LogP contribution >= 0.6 is 0 Å². The monoisotopic (exact) mass is 286 g/mol. The maximum absolute atomic E-state index is 11.9. The van der Waals surface area contributed by atoms with Crippen molar-refractivity contribution in [3.05, 3.63) is 35.9 Å². The van der Waals surface area contributed by atoms with Gasteiger partial charge in [0.1, 0.15) is 0 Å². The van der Waals surface area contributed by atoms with Gasteiger partial charge in [0.25, 0.3) is 0 Å². The van der Waals surface area contributed by atoms with E-state index in [1.54, 1.807) is 0 Å². The number of benzene rings is 1. The molecule has 1 atom stereocenters. The van der Waals surface area contributed by atoms with Crippen LogP contribution in [0.25, 0.3) is 0 Å². The molecule has 0 saturated carbocycles. The number of rotatable bonds is 3. The Morgan fingerprint density at radius 2 is 1.90 bits per heavy atom. The Morgan fingerprint density at radius 1 is 1.10 bits per heavy atom. The van der Waals surface area contributed by atoms with Gasteiger partial charge < -0.3 is 9.80 Å². The first kappa shape index (κ1) is 14.6. The van der Waals surface area contributed by atoms with Crippen molar-refractivity contribution in [1.29, 1.82) is 0 Å². The zero-order valence-electron chi connectivity index (χ0n) is 13.1. The molecule has 2 saturated heterocycles. The summed E-state index contributed by atoms with van der Waals surface area (Å²) >= 11 is 0. The second-order valence-electron chi connectivity index (χ2n) is 6.61. The van der Waals surface area contributed by atoms with Gasteiger partial charge in [0.2, 0.25) is 5.91 Å². The molecule has 2 aliphatic heterocycles. The third kappa shape index (κ3) is 3.13. The first-order chi connectivity index (χ1) is 10.2. The summed E-state index contributed by atoms with van der Waals surface area (Å²) in [6.45, 7) is 3.44. The standard InChI is InChI=1S/C18H26N2O/c1-19-17(21)8-11-18(19)10-5-13-20(15-12-18)14-9-16-6-3-2-4-7-16/h2-4,6-7H,5,8-15H2,1H3. The molecule has 3 rings (SSSR count). The number of hydrogen-bond donors (Lipinski definition) is 0. The summed E-state index contributed by atoms with van der Waals surface area (Å²) < 4.78 is 0. The van der Waals surface area contributed by atoms with E-state index >= 15 is 0 Å². The van der Waals surface area contributed by atoms with Crippen molar-refractivity contribution in [1.82, 2.24) is 9.80 Å². The molecular formula is C18H26N2O. The zero-order valence-corrected chi connectivity index (χ0v) is 13.1. The highest BCUT2D eigenvalue weighted by atomic mass is 16.2. The van der Waals surface area contributed by atoms with Crippen molar-refractivity contribution in [2.24, 2.45) is 0 Å². The van der Waals surface area contributed by atoms with Gasteiger partial charge in [-0.05, 0) is 44.2 Å². The fourth-order valence-electron chi connectivity index (χ4n) is 3.92. The Bertz CT molecular complexity index is 487. The molecule has 1 aromatic carbocycles. The molecule has 0 N–H and O–H groups in total. The second-order valence-corrected chi connectivity index (χ2v) is 6.61. The predicted molar refractivity (Wildman–Crippen MR) is 85.2 cm³/mol. The van der Waals surface area contributed by atoms with Crippen molar-refractivity contribution in [2.45, 2.75) is 44.1 Å². The van der Waals surface area contributed by atoms with E-state index in [1.807, 2.05) is 11.9 Å². The molecule has 114 valence electrons. The molecule has 2 aliphatic rings. The third-order valence-electron chi connectivity index (χ3n) is 5.46. The number of nitrogens with zero attached hydrogens (tertiary/aromatic N) is 2. The minimum Gasteiger partial charge on any atom is -0.340 e. The predicted octanol–water partition coefficient (Wildman–Crippen LogP) is 2.71. The van der Waals surface area contributed by atoms with E-state index in [1.165, 1.54) is 24.9 Å². The van der Waals surface area contributed by atoms with Crippen LogP contribution in [0.15, 0.2) is 30.3 Å². The van der Waals surface area contributed by atoms with Gasteiger partial charge in [-0.15, -0.1) is 0 Å². The van der Waals surface area contributed by atoms with Crippen LogP contribution in [0.3, 0.4) is 0 Å². The molecule has 1 spiro atoms. The van der Waals surface area contributed by atoms with Gasteiger partial charge in [0.15, 0.2) is 0 Å². The highest BCUT2D eigenvalue weighted by Crippen LogP contribution is 2.37. The highest BCUT2D eigenvalue weighted by molar-refractivity contribution is 5.79. The number of carbonyl (C=O) groups is 1. The molecule has 0 bridgehead atoms. The summed E-state index contributed by atoms with van der Waals surface area (Å²) in [5.41, 5.74) is 1.59. The Hall–Kier alpha value is -1.35. The fourth-order valence-corrected chi connectivity index (χ4v) is 3.92. The number of amides is 1. The quantitative estimate of drug-likeness (QED) is 0.853. The topological polar surface area (TPSA) is 23.6 Å². The third-order valence-corrected chi connectivity index (χ3v) is 5.46. The van der Waals surface area contributed by atoms with Gasteiger partial charge in [0.05, 0.1) is 0 Å². The SMILES string of the molecule is CN1C(=O)CCC12CCCN(CCc1ccccc1)CC2. The normalized spacial score (nSPS) is 27.3. The maximum atomic E-state index is 11.9. The second kappa shape index (κ2) is 6.18. The number of likely N-dealkylation sites (tertiary alicyclic amines) is 2. The lowest BCUT2D eigenvalue weighted by atomic mass is 9.88. The first-order valence-corrected chi connectivity index (χ1v) is 8.23. The largest absolute Gasteiger partial charge is 0.340 e. The Morgan fingerprint density at radius 3 is 2.62 bits per heavy atom. The molecule has 2 heterocycles. The lowest BCUT2D eigenvalue weighted by Crippen LogP contribution is -2.43. The van der Waals surface area contributed by atoms with Crippen LogP contribution in [0.1, 0.15) is 37.7 Å². The summed E-state index contributed by atoms with van der Waals surface area (Å²) in [7, 11) is 2.01. The average Bonchev–Trinajstić information content (AvgIpc) is 2.69. The van der Waals surface area contributed by atoms with E-state index in [9.17, 15) is 4.79 Å².